The summed E-state index contributed by atoms with van der Waals surface area (Å²) < 4.78 is 17.3. The Balaban J connectivity index is 1.62. The third-order valence-electron chi connectivity index (χ3n) is 4.76. The number of hydrogen-bond acceptors (Lipinski definition) is 6. The standard InChI is InChI=1S/C21H20N4O3/c1-12-7-14(9-16(8-12)28-15-5-6-26-10-15)18-19-21(23-11-22-19)25-20(24-18)17-4-3-13(2)27-17/h3-4,7-9,11,15H,5-6,10H2,1-2H3,(H,22,23,24,25)/t15-/m1/s1. The third-order valence-corrected chi connectivity index (χ3v) is 4.76. The molecular formula is C21H20N4O3. The molecule has 1 aliphatic rings. The molecule has 5 rings (SSSR count). The lowest BCUT2D eigenvalue weighted by Crippen LogP contribution is -2.15. The van der Waals surface area contributed by atoms with Crippen LogP contribution in [0, 0.1) is 13.8 Å². The molecular weight excluding hydrogens is 356 g/mol. The molecule has 0 amide bonds. The number of rotatable bonds is 4. The molecule has 1 aliphatic heterocycles. The normalized spacial score (nSPS) is 16.7. The van der Waals surface area contributed by atoms with Gasteiger partial charge in [-0.2, -0.15) is 0 Å². The number of aryl methyl sites for hydroxylation is 2. The van der Waals surface area contributed by atoms with Crippen LogP contribution < -0.4 is 4.74 Å². The minimum Gasteiger partial charge on any atom is -0.488 e. The van der Waals surface area contributed by atoms with Gasteiger partial charge >= 0.3 is 0 Å². The summed E-state index contributed by atoms with van der Waals surface area (Å²) in [5.74, 6) is 2.76. The number of H-pyrrole nitrogens is 1. The zero-order valence-corrected chi connectivity index (χ0v) is 15.7. The van der Waals surface area contributed by atoms with Crippen molar-refractivity contribution in [2.45, 2.75) is 26.4 Å². The second kappa shape index (κ2) is 6.76. The van der Waals surface area contributed by atoms with Gasteiger partial charge in [-0.25, -0.2) is 15.0 Å². The summed E-state index contributed by atoms with van der Waals surface area (Å²) in [7, 11) is 0. The lowest BCUT2D eigenvalue weighted by molar-refractivity contribution is 0.141. The van der Waals surface area contributed by atoms with E-state index in [1.54, 1.807) is 6.33 Å². The van der Waals surface area contributed by atoms with Crippen LogP contribution in [-0.4, -0.2) is 39.3 Å². The molecule has 0 spiro atoms. The summed E-state index contributed by atoms with van der Waals surface area (Å²) in [4.78, 5) is 16.8. The van der Waals surface area contributed by atoms with Crippen LogP contribution in [-0.2, 0) is 4.74 Å². The molecule has 0 radical (unpaired) electrons. The van der Waals surface area contributed by atoms with E-state index in [0.717, 1.165) is 46.9 Å². The van der Waals surface area contributed by atoms with Crippen LogP contribution in [0.15, 0.2) is 41.1 Å². The van der Waals surface area contributed by atoms with Gasteiger partial charge in [-0.1, -0.05) is 0 Å². The monoisotopic (exact) mass is 376 g/mol. The highest BCUT2D eigenvalue weighted by molar-refractivity contribution is 5.88. The highest BCUT2D eigenvalue weighted by atomic mass is 16.5. The zero-order valence-electron chi connectivity index (χ0n) is 15.7. The SMILES string of the molecule is Cc1cc(O[C@@H]2CCOC2)cc(-c2nc(-c3ccc(C)o3)nc3nc[nH]c23)c1. The van der Waals surface area contributed by atoms with Crippen LogP contribution in [0.1, 0.15) is 17.7 Å². The minimum absolute atomic E-state index is 0.0916. The first-order valence-corrected chi connectivity index (χ1v) is 9.30. The van der Waals surface area contributed by atoms with Crippen molar-refractivity contribution in [3.05, 3.63) is 48.0 Å². The van der Waals surface area contributed by atoms with Crippen LogP contribution in [0.4, 0.5) is 0 Å². The van der Waals surface area contributed by atoms with Crippen LogP contribution in [0.2, 0.25) is 0 Å². The van der Waals surface area contributed by atoms with E-state index in [1.165, 1.54) is 0 Å². The van der Waals surface area contributed by atoms with Crippen molar-refractivity contribution in [3.8, 4) is 28.6 Å². The van der Waals surface area contributed by atoms with Crippen LogP contribution in [0.5, 0.6) is 5.75 Å². The van der Waals surface area contributed by atoms with Crippen molar-refractivity contribution in [1.29, 1.82) is 0 Å². The molecule has 1 fully saturated rings. The second-order valence-electron chi connectivity index (χ2n) is 7.05. The van der Waals surface area contributed by atoms with Gasteiger partial charge in [0, 0.05) is 12.0 Å². The molecule has 7 nitrogen and oxygen atoms in total. The molecule has 0 bridgehead atoms. The Labute approximate surface area is 161 Å². The Morgan fingerprint density at radius 2 is 2.07 bits per heavy atom. The fraction of sp³-hybridized carbons (Fsp3) is 0.286. The van der Waals surface area contributed by atoms with Crippen molar-refractivity contribution < 1.29 is 13.9 Å². The lowest BCUT2D eigenvalue weighted by atomic mass is 10.1. The Kier molecular flexibility index (Phi) is 4.09. The molecule has 4 heterocycles. The smallest absolute Gasteiger partial charge is 0.198 e. The molecule has 7 heteroatoms. The molecule has 1 N–H and O–H groups in total. The van der Waals surface area contributed by atoms with E-state index < -0.39 is 0 Å². The van der Waals surface area contributed by atoms with Crippen LogP contribution >= 0.6 is 0 Å². The molecule has 0 unspecified atom stereocenters. The number of fused-ring (bicyclic) bond motifs is 1. The number of aromatic nitrogens is 4. The van der Waals surface area contributed by atoms with Crippen LogP contribution in [0.3, 0.4) is 0 Å². The first kappa shape index (κ1) is 16.9. The predicted molar refractivity (Wildman–Crippen MR) is 104 cm³/mol. The van der Waals surface area contributed by atoms with E-state index in [9.17, 15) is 0 Å². The molecule has 1 atom stereocenters. The average molecular weight is 376 g/mol. The van der Waals surface area contributed by atoms with Gasteiger partial charge in [-0.15, -0.1) is 0 Å². The number of nitrogens with one attached hydrogen (secondary N) is 1. The maximum absolute atomic E-state index is 6.12. The molecule has 28 heavy (non-hydrogen) atoms. The average Bonchev–Trinajstić information content (AvgIpc) is 3.41. The maximum atomic E-state index is 6.12. The van der Waals surface area contributed by atoms with Gasteiger partial charge in [0.25, 0.3) is 0 Å². The van der Waals surface area contributed by atoms with E-state index in [0.29, 0.717) is 23.8 Å². The number of ether oxygens (including phenoxy) is 2. The van der Waals surface area contributed by atoms with E-state index in [1.807, 2.05) is 38.1 Å². The van der Waals surface area contributed by atoms with Gasteiger partial charge in [-0.05, 0) is 49.7 Å². The number of hydrogen-bond donors (Lipinski definition) is 1. The quantitative estimate of drug-likeness (QED) is 0.578. The fourth-order valence-corrected chi connectivity index (χ4v) is 3.46. The molecule has 142 valence electrons. The first-order chi connectivity index (χ1) is 13.7. The Morgan fingerprint density at radius 3 is 2.86 bits per heavy atom. The number of imidazole rings is 1. The third kappa shape index (κ3) is 3.14. The summed E-state index contributed by atoms with van der Waals surface area (Å²) in [6.45, 7) is 5.32. The van der Waals surface area contributed by atoms with Crippen molar-refractivity contribution in [1.82, 2.24) is 19.9 Å². The summed E-state index contributed by atoms with van der Waals surface area (Å²) in [5.41, 5.74) is 4.18. The maximum Gasteiger partial charge on any atom is 0.198 e. The number of nitrogens with zero attached hydrogens (tertiary/aromatic N) is 3. The van der Waals surface area contributed by atoms with Gasteiger partial charge in [0.1, 0.15) is 28.8 Å². The van der Waals surface area contributed by atoms with E-state index in [-0.39, 0.29) is 6.10 Å². The van der Waals surface area contributed by atoms with Gasteiger partial charge in [0.05, 0.1) is 19.5 Å². The summed E-state index contributed by atoms with van der Waals surface area (Å²) >= 11 is 0. The van der Waals surface area contributed by atoms with Gasteiger partial charge < -0.3 is 18.9 Å². The Bertz CT molecular complexity index is 1140. The number of aromatic amines is 1. The van der Waals surface area contributed by atoms with E-state index in [4.69, 9.17) is 18.9 Å². The highest BCUT2D eigenvalue weighted by Gasteiger charge is 2.19. The largest absolute Gasteiger partial charge is 0.488 e. The van der Waals surface area contributed by atoms with Crippen molar-refractivity contribution >= 4 is 11.2 Å². The van der Waals surface area contributed by atoms with Crippen molar-refractivity contribution in [2.75, 3.05) is 13.2 Å². The second-order valence-corrected chi connectivity index (χ2v) is 7.05. The topological polar surface area (TPSA) is 86.1 Å². The molecule has 0 aliphatic carbocycles. The summed E-state index contributed by atoms with van der Waals surface area (Å²) in [5, 5.41) is 0. The summed E-state index contributed by atoms with van der Waals surface area (Å²) in [6.07, 6.45) is 2.63. The molecule has 3 aromatic heterocycles. The van der Waals surface area contributed by atoms with Crippen molar-refractivity contribution in [2.24, 2.45) is 0 Å². The number of benzene rings is 1. The molecule has 1 saturated heterocycles. The molecule has 4 aromatic rings. The first-order valence-electron chi connectivity index (χ1n) is 9.30. The van der Waals surface area contributed by atoms with Gasteiger partial charge in [0.2, 0.25) is 0 Å². The lowest BCUT2D eigenvalue weighted by Gasteiger charge is -2.14. The van der Waals surface area contributed by atoms with Gasteiger partial charge in [0.15, 0.2) is 17.2 Å². The minimum atomic E-state index is 0.0916. The molecule has 1 aromatic carbocycles. The zero-order chi connectivity index (χ0) is 19.1. The fourth-order valence-electron chi connectivity index (χ4n) is 3.46. The Hall–Kier alpha value is -3.19. The van der Waals surface area contributed by atoms with Gasteiger partial charge in [-0.3, -0.25) is 0 Å². The van der Waals surface area contributed by atoms with Crippen molar-refractivity contribution in [3.63, 3.8) is 0 Å². The predicted octanol–water partition coefficient (Wildman–Crippen LogP) is 4.06. The van der Waals surface area contributed by atoms with E-state index >= 15 is 0 Å². The van der Waals surface area contributed by atoms with E-state index in [2.05, 4.69) is 21.0 Å². The molecule has 0 saturated carbocycles. The number of furan rings is 1. The highest BCUT2D eigenvalue weighted by Crippen LogP contribution is 2.31. The Morgan fingerprint density at radius 1 is 1.14 bits per heavy atom. The summed E-state index contributed by atoms with van der Waals surface area (Å²) in [6, 6.07) is 9.89. The van der Waals surface area contributed by atoms with Crippen LogP contribution in [0.25, 0.3) is 34.0 Å².